The summed E-state index contributed by atoms with van der Waals surface area (Å²) < 4.78 is 57.0. The standard InChI is InChI=1S/C18H15F4N5O.HI/c19-13-9-12(5-6-15(13)27-8-7-24-11-27)10-25-17(23)26-14-3-1-2-4-16(14)28-18(20,21)22;/h1-9,11H,10H2,(H3,23,25,26);1H. The number of nitrogens with two attached hydrogens (primary N) is 1. The SMILES string of the molecule is I.NC(=NCc1ccc(-n2ccnc2)c(F)c1)Nc1ccccc1OC(F)(F)F. The van der Waals surface area contributed by atoms with Gasteiger partial charge in [0.1, 0.15) is 5.82 Å². The van der Waals surface area contributed by atoms with E-state index in [0.717, 1.165) is 6.07 Å². The van der Waals surface area contributed by atoms with E-state index in [1.807, 2.05) is 0 Å². The number of para-hydroxylation sites is 2. The summed E-state index contributed by atoms with van der Waals surface area (Å²) in [5.74, 6) is -1.05. The molecule has 0 aliphatic heterocycles. The first-order chi connectivity index (χ1) is 13.3. The van der Waals surface area contributed by atoms with Gasteiger partial charge in [-0.3, -0.25) is 0 Å². The Kier molecular flexibility index (Phi) is 7.42. The van der Waals surface area contributed by atoms with Crippen molar-refractivity contribution in [3.05, 3.63) is 72.6 Å². The molecule has 0 aliphatic rings. The Bertz CT molecular complexity index is 977. The molecule has 0 spiro atoms. The zero-order valence-electron chi connectivity index (χ0n) is 14.7. The van der Waals surface area contributed by atoms with Crippen molar-refractivity contribution in [2.45, 2.75) is 12.9 Å². The molecule has 1 heterocycles. The van der Waals surface area contributed by atoms with Gasteiger partial charge in [0, 0.05) is 12.4 Å². The van der Waals surface area contributed by atoms with E-state index >= 15 is 0 Å². The highest BCUT2D eigenvalue weighted by atomic mass is 127. The molecule has 11 heteroatoms. The van der Waals surface area contributed by atoms with Crippen molar-refractivity contribution in [1.82, 2.24) is 9.55 Å². The zero-order valence-corrected chi connectivity index (χ0v) is 17.1. The fraction of sp³-hybridized carbons (Fsp3) is 0.111. The third kappa shape index (κ3) is 6.34. The summed E-state index contributed by atoms with van der Waals surface area (Å²) in [5.41, 5.74) is 6.59. The van der Waals surface area contributed by atoms with Gasteiger partial charge in [-0.25, -0.2) is 14.4 Å². The highest BCUT2D eigenvalue weighted by molar-refractivity contribution is 14.0. The number of aromatic nitrogens is 2. The minimum absolute atomic E-state index is 0. The number of halogens is 5. The van der Waals surface area contributed by atoms with Crippen molar-refractivity contribution in [2.24, 2.45) is 10.7 Å². The molecule has 6 nitrogen and oxygen atoms in total. The summed E-state index contributed by atoms with van der Waals surface area (Å²) >= 11 is 0. The first kappa shape index (κ1) is 22.5. The van der Waals surface area contributed by atoms with Gasteiger partial charge in [0.15, 0.2) is 11.7 Å². The fourth-order valence-corrected chi connectivity index (χ4v) is 2.40. The molecule has 3 aromatic rings. The van der Waals surface area contributed by atoms with Crippen LogP contribution in [0.15, 0.2) is 66.2 Å². The number of nitrogens with zero attached hydrogens (tertiary/aromatic N) is 3. The Morgan fingerprint density at radius 1 is 1.21 bits per heavy atom. The van der Waals surface area contributed by atoms with E-state index in [4.69, 9.17) is 5.73 Å². The molecule has 29 heavy (non-hydrogen) atoms. The first-order valence-electron chi connectivity index (χ1n) is 8.00. The van der Waals surface area contributed by atoms with Crippen LogP contribution in [0.1, 0.15) is 5.56 Å². The predicted octanol–water partition coefficient (Wildman–Crippen LogP) is 4.45. The van der Waals surface area contributed by atoms with Gasteiger partial charge in [-0.15, -0.1) is 37.1 Å². The van der Waals surface area contributed by atoms with E-state index in [1.165, 1.54) is 41.4 Å². The number of hydrogen-bond donors (Lipinski definition) is 2. The van der Waals surface area contributed by atoms with Crippen LogP contribution >= 0.6 is 24.0 Å². The Hall–Kier alpha value is -2.83. The van der Waals surface area contributed by atoms with E-state index in [0.29, 0.717) is 11.3 Å². The number of anilines is 1. The van der Waals surface area contributed by atoms with E-state index in [9.17, 15) is 17.6 Å². The summed E-state index contributed by atoms with van der Waals surface area (Å²) in [7, 11) is 0. The zero-order chi connectivity index (χ0) is 20.1. The van der Waals surface area contributed by atoms with Crippen LogP contribution in [0, 0.1) is 5.82 Å². The maximum atomic E-state index is 14.2. The Morgan fingerprint density at radius 2 is 1.97 bits per heavy atom. The van der Waals surface area contributed by atoms with Crippen LogP contribution in [0.2, 0.25) is 0 Å². The topological polar surface area (TPSA) is 77.5 Å². The van der Waals surface area contributed by atoms with E-state index in [2.05, 4.69) is 20.0 Å². The van der Waals surface area contributed by atoms with Gasteiger partial charge < -0.3 is 20.4 Å². The molecule has 0 saturated heterocycles. The summed E-state index contributed by atoms with van der Waals surface area (Å²) in [6, 6.07) is 9.95. The summed E-state index contributed by atoms with van der Waals surface area (Å²) in [6.45, 7) is 0.0300. The van der Waals surface area contributed by atoms with Crippen LogP contribution in [0.25, 0.3) is 5.69 Å². The van der Waals surface area contributed by atoms with Gasteiger partial charge in [0.05, 0.1) is 24.2 Å². The fourth-order valence-electron chi connectivity index (χ4n) is 2.40. The Balaban J connectivity index is 0.00000300. The van der Waals surface area contributed by atoms with Crippen LogP contribution in [0.3, 0.4) is 0 Å². The number of benzene rings is 2. The van der Waals surface area contributed by atoms with Crippen molar-refractivity contribution in [3.63, 3.8) is 0 Å². The lowest BCUT2D eigenvalue weighted by atomic mass is 10.2. The van der Waals surface area contributed by atoms with Crippen molar-refractivity contribution in [2.75, 3.05) is 5.32 Å². The van der Waals surface area contributed by atoms with Gasteiger partial charge in [-0.05, 0) is 29.8 Å². The molecule has 0 fully saturated rings. The minimum atomic E-state index is -4.84. The van der Waals surface area contributed by atoms with Crippen LogP contribution in [0.4, 0.5) is 23.2 Å². The monoisotopic (exact) mass is 521 g/mol. The smallest absolute Gasteiger partial charge is 0.404 e. The molecule has 0 aliphatic carbocycles. The van der Waals surface area contributed by atoms with E-state index in [-0.39, 0.29) is 42.2 Å². The second-order valence-corrected chi connectivity index (χ2v) is 5.63. The molecule has 0 saturated carbocycles. The highest BCUT2D eigenvalue weighted by Crippen LogP contribution is 2.29. The molecular formula is C18H16F4IN5O. The van der Waals surface area contributed by atoms with Crippen LogP contribution in [-0.4, -0.2) is 21.9 Å². The summed E-state index contributed by atoms with van der Waals surface area (Å²) in [5, 5.41) is 2.55. The highest BCUT2D eigenvalue weighted by Gasteiger charge is 2.32. The Morgan fingerprint density at radius 3 is 2.62 bits per heavy atom. The number of imidazole rings is 1. The molecule has 0 bridgehead atoms. The molecule has 0 atom stereocenters. The molecule has 2 aromatic carbocycles. The number of nitrogens with one attached hydrogen (secondary N) is 1. The lowest BCUT2D eigenvalue weighted by Crippen LogP contribution is -2.24. The van der Waals surface area contributed by atoms with Crippen molar-refractivity contribution < 1.29 is 22.3 Å². The van der Waals surface area contributed by atoms with Crippen molar-refractivity contribution in [3.8, 4) is 11.4 Å². The number of hydrogen-bond acceptors (Lipinski definition) is 3. The summed E-state index contributed by atoms with van der Waals surface area (Å²) in [4.78, 5) is 7.88. The molecular weight excluding hydrogens is 505 g/mol. The number of alkyl halides is 3. The van der Waals surface area contributed by atoms with Crippen LogP contribution in [-0.2, 0) is 6.54 Å². The molecule has 3 rings (SSSR count). The molecule has 0 amide bonds. The lowest BCUT2D eigenvalue weighted by molar-refractivity contribution is -0.274. The minimum Gasteiger partial charge on any atom is -0.404 e. The van der Waals surface area contributed by atoms with E-state index < -0.39 is 17.9 Å². The number of guanidine groups is 1. The molecule has 1 aromatic heterocycles. The second kappa shape index (κ2) is 9.58. The average Bonchev–Trinajstić information content (AvgIpc) is 3.15. The van der Waals surface area contributed by atoms with Gasteiger partial charge in [0.2, 0.25) is 0 Å². The predicted molar refractivity (Wildman–Crippen MR) is 111 cm³/mol. The molecule has 3 N–H and O–H groups in total. The van der Waals surface area contributed by atoms with Gasteiger partial charge in [-0.1, -0.05) is 18.2 Å². The van der Waals surface area contributed by atoms with Gasteiger partial charge in [-0.2, -0.15) is 0 Å². The number of ether oxygens (including phenoxy) is 1. The quantitative estimate of drug-likeness (QED) is 0.225. The van der Waals surface area contributed by atoms with Crippen LogP contribution < -0.4 is 15.8 Å². The normalized spacial score (nSPS) is 11.7. The molecule has 0 radical (unpaired) electrons. The maximum Gasteiger partial charge on any atom is 0.573 e. The number of aliphatic imine (C=N–C) groups is 1. The lowest BCUT2D eigenvalue weighted by Gasteiger charge is -2.14. The third-order valence-electron chi connectivity index (χ3n) is 3.60. The largest absolute Gasteiger partial charge is 0.573 e. The number of rotatable bonds is 5. The van der Waals surface area contributed by atoms with Crippen molar-refractivity contribution in [1.29, 1.82) is 0 Å². The summed E-state index contributed by atoms with van der Waals surface area (Å²) in [6.07, 6.45) is -0.222. The third-order valence-corrected chi connectivity index (χ3v) is 3.60. The van der Waals surface area contributed by atoms with Gasteiger partial charge in [0.25, 0.3) is 0 Å². The van der Waals surface area contributed by atoms with Crippen LogP contribution in [0.5, 0.6) is 5.75 Å². The maximum absolute atomic E-state index is 14.2. The average molecular weight is 521 g/mol. The Labute approximate surface area is 180 Å². The second-order valence-electron chi connectivity index (χ2n) is 5.63. The van der Waals surface area contributed by atoms with E-state index in [1.54, 1.807) is 18.3 Å². The first-order valence-corrected chi connectivity index (χ1v) is 8.00. The molecule has 0 unspecified atom stereocenters. The molecule has 154 valence electrons. The van der Waals surface area contributed by atoms with Gasteiger partial charge >= 0.3 is 6.36 Å². The van der Waals surface area contributed by atoms with Crippen molar-refractivity contribution >= 4 is 35.6 Å².